The molecule has 0 atom stereocenters. The molecule has 0 unspecified atom stereocenters. The summed E-state index contributed by atoms with van der Waals surface area (Å²) in [6, 6.07) is 10.2. The van der Waals surface area contributed by atoms with E-state index in [4.69, 9.17) is 0 Å². The van der Waals surface area contributed by atoms with Gasteiger partial charge in [0.15, 0.2) is 0 Å². The summed E-state index contributed by atoms with van der Waals surface area (Å²) < 4.78 is 26.3. The Bertz CT molecular complexity index is 786. The monoisotopic (exact) mass is 361 g/mol. The molecule has 25 heavy (non-hydrogen) atoms. The van der Waals surface area contributed by atoms with Gasteiger partial charge in [0.25, 0.3) is 0 Å². The summed E-state index contributed by atoms with van der Waals surface area (Å²) in [5, 5.41) is 2.77. The molecule has 1 amide bonds. The van der Waals surface area contributed by atoms with Crippen LogP contribution >= 0.6 is 0 Å². The summed E-state index contributed by atoms with van der Waals surface area (Å²) >= 11 is 0. The fourth-order valence-corrected chi connectivity index (χ4v) is 3.92. The maximum absolute atomic E-state index is 12.4. The lowest BCUT2D eigenvalue weighted by molar-refractivity contribution is -0.116. The number of hydrogen-bond acceptors (Lipinski definition) is 4. The highest BCUT2D eigenvalue weighted by atomic mass is 32.2. The second-order valence-electron chi connectivity index (χ2n) is 5.52. The highest BCUT2D eigenvalue weighted by Gasteiger charge is 2.21. The highest BCUT2D eigenvalue weighted by molar-refractivity contribution is 7.89. The van der Waals surface area contributed by atoms with Crippen molar-refractivity contribution in [1.29, 1.82) is 0 Å². The summed E-state index contributed by atoms with van der Waals surface area (Å²) in [6.07, 6.45) is 4.09. The van der Waals surface area contributed by atoms with Crippen molar-refractivity contribution in [2.75, 3.05) is 18.4 Å². The third kappa shape index (κ3) is 5.11. The van der Waals surface area contributed by atoms with Crippen LogP contribution in [-0.4, -0.2) is 36.7 Å². The number of aromatic nitrogens is 1. The topological polar surface area (TPSA) is 79.4 Å². The Kier molecular flexibility index (Phi) is 6.66. The average molecular weight is 361 g/mol. The fraction of sp³-hybridized carbons (Fsp3) is 0.333. The fourth-order valence-electron chi connectivity index (χ4n) is 2.46. The van der Waals surface area contributed by atoms with Crippen LogP contribution < -0.4 is 5.32 Å². The van der Waals surface area contributed by atoms with Gasteiger partial charge in [-0.1, -0.05) is 26.0 Å². The quantitative estimate of drug-likeness (QED) is 0.784. The normalized spacial score (nSPS) is 11.5. The van der Waals surface area contributed by atoms with Crippen molar-refractivity contribution >= 4 is 21.6 Å². The van der Waals surface area contributed by atoms with E-state index >= 15 is 0 Å². The second kappa shape index (κ2) is 8.73. The predicted octanol–water partition coefficient (Wildman–Crippen LogP) is 2.68. The van der Waals surface area contributed by atoms with E-state index in [9.17, 15) is 13.2 Å². The van der Waals surface area contributed by atoms with Crippen molar-refractivity contribution in [2.24, 2.45) is 0 Å². The van der Waals surface area contributed by atoms with E-state index in [0.717, 1.165) is 5.56 Å². The average Bonchev–Trinajstić information content (AvgIpc) is 2.62. The Balaban J connectivity index is 1.95. The maximum Gasteiger partial charge on any atom is 0.243 e. The summed E-state index contributed by atoms with van der Waals surface area (Å²) in [7, 11) is -3.44. The minimum Gasteiger partial charge on any atom is -0.325 e. The zero-order chi connectivity index (χ0) is 18.3. The molecule has 0 aliphatic heterocycles. The van der Waals surface area contributed by atoms with Gasteiger partial charge in [-0.2, -0.15) is 4.31 Å². The zero-order valence-corrected chi connectivity index (χ0v) is 15.3. The van der Waals surface area contributed by atoms with E-state index in [0.29, 0.717) is 31.6 Å². The van der Waals surface area contributed by atoms with Crippen LogP contribution in [0.25, 0.3) is 0 Å². The first-order chi connectivity index (χ1) is 12.0. The van der Waals surface area contributed by atoms with E-state index in [1.54, 1.807) is 48.8 Å². The molecular weight excluding hydrogens is 338 g/mol. The molecule has 6 nitrogen and oxygen atoms in total. The molecule has 1 aromatic heterocycles. The van der Waals surface area contributed by atoms with Crippen molar-refractivity contribution in [1.82, 2.24) is 9.29 Å². The molecule has 0 bridgehead atoms. The van der Waals surface area contributed by atoms with Crippen molar-refractivity contribution in [2.45, 2.75) is 31.6 Å². The van der Waals surface area contributed by atoms with E-state index in [1.807, 2.05) is 13.8 Å². The van der Waals surface area contributed by atoms with Gasteiger partial charge < -0.3 is 5.32 Å². The van der Waals surface area contributed by atoms with Gasteiger partial charge in [-0.25, -0.2) is 8.42 Å². The maximum atomic E-state index is 12.4. The number of pyridine rings is 1. The SMILES string of the molecule is CCN(CC)S(=O)(=O)c1ccc(CCC(=O)Nc2cccnc2)cc1. The van der Waals surface area contributed by atoms with Gasteiger partial charge in [-0.3, -0.25) is 9.78 Å². The molecule has 0 saturated carbocycles. The van der Waals surface area contributed by atoms with Crippen molar-refractivity contribution in [3.63, 3.8) is 0 Å². The van der Waals surface area contributed by atoms with Gasteiger partial charge in [0.2, 0.25) is 15.9 Å². The van der Waals surface area contributed by atoms with E-state index < -0.39 is 10.0 Å². The lowest BCUT2D eigenvalue weighted by Gasteiger charge is -2.18. The Morgan fingerprint density at radius 3 is 2.36 bits per heavy atom. The molecular formula is C18H23N3O3S. The number of rotatable bonds is 8. The lowest BCUT2D eigenvalue weighted by atomic mass is 10.1. The van der Waals surface area contributed by atoms with Gasteiger partial charge in [-0.05, 0) is 36.2 Å². The van der Waals surface area contributed by atoms with Gasteiger partial charge in [0.05, 0.1) is 16.8 Å². The number of carbonyl (C=O) groups is 1. The van der Waals surface area contributed by atoms with E-state index in [1.165, 1.54) is 4.31 Å². The minimum absolute atomic E-state index is 0.104. The van der Waals surface area contributed by atoms with Crippen LogP contribution in [0.2, 0.25) is 0 Å². The Morgan fingerprint density at radius 2 is 1.80 bits per heavy atom. The van der Waals surface area contributed by atoms with Crippen molar-refractivity contribution in [3.8, 4) is 0 Å². The molecule has 2 aromatic rings. The third-order valence-corrected chi connectivity index (χ3v) is 5.92. The zero-order valence-electron chi connectivity index (χ0n) is 14.5. The van der Waals surface area contributed by atoms with Crippen LogP contribution in [0.3, 0.4) is 0 Å². The van der Waals surface area contributed by atoms with Crippen LogP contribution in [0.4, 0.5) is 5.69 Å². The van der Waals surface area contributed by atoms with Gasteiger partial charge in [-0.15, -0.1) is 0 Å². The number of carbonyl (C=O) groups excluding carboxylic acids is 1. The minimum atomic E-state index is -3.44. The summed E-state index contributed by atoms with van der Waals surface area (Å²) in [5.74, 6) is -0.104. The van der Waals surface area contributed by atoms with E-state index in [2.05, 4.69) is 10.3 Å². The first-order valence-corrected chi connectivity index (χ1v) is 9.70. The Morgan fingerprint density at radius 1 is 1.12 bits per heavy atom. The number of nitrogens with zero attached hydrogens (tertiary/aromatic N) is 2. The van der Waals surface area contributed by atoms with Crippen molar-refractivity contribution in [3.05, 3.63) is 54.4 Å². The summed E-state index contributed by atoms with van der Waals surface area (Å²) in [6.45, 7) is 4.51. The number of nitrogens with one attached hydrogen (secondary N) is 1. The lowest BCUT2D eigenvalue weighted by Crippen LogP contribution is -2.30. The smallest absolute Gasteiger partial charge is 0.243 e. The van der Waals surface area contributed by atoms with Crippen molar-refractivity contribution < 1.29 is 13.2 Å². The summed E-state index contributed by atoms with van der Waals surface area (Å²) in [5.41, 5.74) is 1.58. The molecule has 0 fully saturated rings. The first kappa shape index (κ1) is 19.1. The van der Waals surface area contributed by atoms with Crippen LogP contribution in [0.5, 0.6) is 0 Å². The predicted molar refractivity (Wildman–Crippen MR) is 97.7 cm³/mol. The van der Waals surface area contributed by atoms with Crippen LogP contribution in [0, 0.1) is 0 Å². The first-order valence-electron chi connectivity index (χ1n) is 8.26. The largest absolute Gasteiger partial charge is 0.325 e. The highest BCUT2D eigenvalue weighted by Crippen LogP contribution is 2.17. The van der Waals surface area contributed by atoms with Crippen LogP contribution in [0.15, 0.2) is 53.7 Å². The molecule has 1 aromatic carbocycles. The molecule has 0 aliphatic carbocycles. The third-order valence-electron chi connectivity index (χ3n) is 3.85. The number of aryl methyl sites for hydroxylation is 1. The molecule has 134 valence electrons. The van der Waals surface area contributed by atoms with Gasteiger partial charge >= 0.3 is 0 Å². The molecule has 0 radical (unpaired) electrons. The molecule has 0 saturated heterocycles. The number of benzene rings is 1. The number of hydrogen-bond donors (Lipinski definition) is 1. The number of sulfonamides is 1. The molecule has 0 aliphatic rings. The Labute approximate surface area is 148 Å². The standard InChI is InChI=1S/C18H23N3O3S/c1-3-21(4-2)25(23,24)17-10-7-15(8-11-17)9-12-18(22)20-16-6-5-13-19-14-16/h5-8,10-11,13-14H,3-4,9,12H2,1-2H3,(H,20,22). The molecule has 1 heterocycles. The van der Waals surface area contributed by atoms with Crippen LogP contribution in [0.1, 0.15) is 25.8 Å². The molecule has 0 spiro atoms. The Hall–Kier alpha value is -2.25. The number of anilines is 1. The van der Waals surface area contributed by atoms with Gasteiger partial charge in [0.1, 0.15) is 0 Å². The van der Waals surface area contributed by atoms with Gasteiger partial charge in [0, 0.05) is 25.7 Å². The molecule has 7 heteroatoms. The number of amides is 1. The molecule has 2 rings (SSSR count). The van der Waals surface area contributed by atoms with E-state index in [-0.39, 0.29) is 10.8 Å². The summed E-state index contributed by atoms with van der Waals surface area (Å²) in [4.78, 5) is 16.2. The van der Waals surface area contributed by atoms with Crippen LogP contribution in [-0.2, 0) is 21.2 Å². The molecule has 1 N–H and O–H groups in total. The second-order valence-corrected chi connectivity index (χ2v) is 7.46.